The van der Waals surface area contributed by atoms with Crippen LogP contribution in [0.3, 0.4) is 0 Å². The van der Waals surface area contributed by atoms with Crippen molar-refractivity contribution in [1.82, 2.24) is 0 Å². The van der Waals surface area contributed by atoms with Crippen molar-refractivity contribution in [3.63, 3.8) is 0 Å². The summed E-state index contributed by atoms with van der Waals surface area (Å²) in [4.78, 5) is 21.8. The van der Waals surface area contributed by atoms with Crippen molar-refractivity contribution in [2.24, 2.45) is 11.5 Å². The molecule has 0 saturated heterocycles. The highest BCUT2D eigenvalue weighted by atomic mass is 19.2. The first-order chi connectivity index (χ1) is 9.22. The van der Waals surface area contributed by atoms with Gasteiger partial charge in [0.25, 0.3) is 5.91 Å². The number of primary amides is 1. The van der Waals surface area contributed by atoms with E-state index in [9.17, 15) is 18.4 Å². The Balaban J connectivity index is 3.53. The lowest BCUT2D eigenvalue weighted by molar-refractivity contribution is -0.138. The summed E-state index contributed by atoms with van der Waals surface area (Å²) < 4.78 is 32.7. The van der Waals surface area contributed by atoms with Crippen LogP contribution in [-0.2, 0) is 11.2 Å². The van der Waals surface area contributed by atoms with Crippen molar-refractivity contribution >= 4 is 11.9 Å². The Morgan fingerprint density at radius 2 is 1.90 bits per heavy atom. The van der Waals surface area contributed by atoms with E-state index in [1.54, 1.807) is 0 Å². The van der Waals surface area contributed by atoms with Gasteiger partial charge in [0.15, 0.2) is 11.6 Å². The number of carbonyl (C=O) groups excluding carboxylic acids is 1. The summed E-state index contributed by atoms with van der Waals surface area (Å²) in [5, 5.41) is 8.72. The largest absolute Gasteiger partial charge is 0.496 e. The fourth-order valence-electron chi connectivity index (χ4n) is 1.91. The molecule has 8 heteroatoms. The van der Waals surface area contributed by atoms with E-state index >= 15 is 0 Å². The minimum absolute atomic E-state index is 0.00788. The zero-order valence-corrected chi connectivity index (χ0v) is 10.9. The maximum absolute atomic E-state index is 14.0. The monoisotopic (exact) mass is 288 g/mol. The topological polar surface area (TPSA) is 116 Å². The average molecular weight is 288 g/mol. The summed E-state index contributed by atoms with van der Waals surface area (Å²) in [6.07, 6.45) is -0.485. The molecule has 0 spiro atoms. The quantitative estimate of drug-likeness (QED) is 0.722. The third kappa shape index (κ3) is 2.69. The van der Waals surface area contributed by atoms with Gasteiger partial charge in [0.2, 0.25) is 0 Å². The van der Waals surface area contributed by atoms with Gasteiger partial charge in [0.05, 0.1) is 12.7 Å². The van der Waals surface area contributed by atoms with Crippen LogP contribution in [0.1, 0.15) is 21.5 Å². The number of hydrogen-bond donors (Lipinski definition) is 3. The number of carboxylic acids is 1. The van der Waals surface area contributed by atoms with E-state index in [4.69, 9.17) is 21.3 Å². The van der Waals surface area contributed by atoms with E-state index in [1.807, 2.05) is 0 Å². The van der Waals surface area contributed by atoms with E-state index in [2.05, 4.69) is 0 Å². The highest BCUT2D eigenvalue weighted by molar-refractivity contribution is 5.95. The molecule has 0 radical (unpaired) electrons. The number of hydrogen-bond acceptors (Lipinski definition) is 4. The molecule has 1 atom stereocenters. The van der Waals surface area contributed by atoms with Gasteiger partial charge in [-0.05, 0) is 6.92 Å². The third-order valence-corrected chi connectivity index (χ3v) is 2.86. The molecule has 20 heavy (non-hydrogen) atoms. The van der Waals surface area contributed by atoms with Crippen LogP contribution in [0, 0.1) is 18.6 Å². The molecule has 0 fully saturated rings. The molecule has 5 N–H and O–H groups in total. The Kier molecular flexibility index (Phi) is 4.61. The van der Waals surface area contributed by atoms with Crippen molar-refractivity contribution in [2.75, 3.05) is 7.11 Å². The molecule has 1 aromatic rings. The van der Waals surface area contributed by atoms with Crippen LogP contribution in [-0.4, -0.2) is 30.1 Å². The Morgan fingerprint density at radius 3 is 2.30 bits per heavy atom. The lowest BCUT2D eigenvalue weighted by Gasteiger charge is -2.17. The first kappa shape index (κ1) is 15.8. The number of aliphatic carboxylic acids is 1. The van der Waals surface area contributed by atoms with Gasteiger partial charge in [0.1, 0.15) is 11.8 Å². The van der Waals surface area contributed by atoms with Crippen molar-refractivity contribution in [1.29, 1.82) is 0 Å². The molecule has 110 valence electrons. The standard InChI is InChI=1S/C12H14F2N2O4/c1-4-7(11(16)17)9(14)8(13)5(10(4)20-2)3-6(15)12(18)19/h6H,3,15H2,1-2H3,(H2,16,17)(H,18,19). The highest BCUT2D eigenvalue weighted by Gasteiger charge is 2.28. The molecule has 1 unspecified atom stereocenters. The number of ether oxygens (including phenoxy) is 1. The highest BCUT2D eigenvalue weighted by Crippen LogP contribution is 2.32. The van der Waals surface area contributed by atoms with Gasteiger partial charge < -0.3 is 21.3 Å². The normalized spacial score (nSPS) is 12.1. The molecular formula is C12H14F2N2O4. The Hall–Kier alpha value is -2.22. The number of halogens is 2. The third-order valence-electron chi connectivity index (χ3n) is 2.86. The second-order valence-electron chi connectivity index (χ2n) is 4.15. The molecule has 1 aromatic carbocycles. The maximum Gasteiger partial charge on any atom is 0.320 e. The summed E-state index contributed by atoms with van der Waals surface area (Å²) >= 11 is 0. The number of benzene rings is 1. The lowest BCUT2D eigenvalue weighted by atomic mass is 9.97. The first-order valence-electron chi connectivity index (χ1n) is 5.54. The van der Waals surface area contributed by atoms with Gasteiger partial charge >= 0.3 is 5.97 Å². The molecule has 0 aliphatic heterocycles. The number of carbonyl (C=O) groups is 2. The predicted molar refractivity (Wildman–Crippen MR) is 65.5 cm³/mol. The van der Waals surface area contributed by atoms with Crippen molar-refractivity contribution < 1.29 is 28.2 Å². The van der Waals surface area contributed by atoms with E-state index in [1.165, 1.54) is 14.0 Å². The van der Waals surface area contributed by atoms with E-state index in [0.29, 0.717) is 0 Å². The van der Waals surface area contributed by atoms with Crippen LogP contribution in [0.4, 0.5) is 8.78 Å². The molecule has 6 nitrogen and oxygen atoms in total. The molecule has 0 bridgehead atoms. The number of nitrogens with two attached hydrogens (primary N) is 2. The fourth-order valence-corrected chi connectivity index (χ4v) is 1.91. The van der Waals surface area contributed by atoms with Crippen LogP contribution in [0.2, 0.25) is 0 Å². The smallest absolute Gasteiger partial charge is 0.320 e. The number of rotatable bonds is 5. The van der Waals surface area contributed by atoms with Gasteiger partial charge in [-0.15, -0.1) is 0 Å². The summed E-state index contributed by atoms with van der Waals surface area (Å²) in [6.45, 7) is 1.32. The van der Waals surface area contributed by atoms with Crippen LogP contribution >= 0.6 is 0 Å². The minimum Gasteiger partial charge on any atom is -0.496 e. The Bertz CT molecular complexity index is 575. The second kappa shape index (κ2) is 5.83. The van der Waals surface area contributed by atoms with Gasteiger partial charge in [-0.3, -0.25) is 9.59 Å². The Labute approximate surface area is 113 Å². The summed E-state index contributed by atoms with van der Waals surface area (Å²) in [5.41, 5.74) is 9.31. The number of methoxy groups -OCH3 is 1. The van der Waals surface area contributed by atoms with Crippen molar-refractivity contribution in [2.45, 2.75) is 19.4 Å². The number of amides is 1. The van der Waals surface area contributed by atoms with E-state index in [-0.39, 0.29) is 16.9 Å². The SMILES string of the molecule is COc1c(C)c(C(N)=O)c(F)c(F)c1CC(N)C(=O)O. The molecule has 0 heterocycles. The summed E-state index contributed by atoms with van der Waals surface area (Å²) in [6, 6.07) is -1.43. The zero-order valence-electron chi connectivity index (χ0n) is 10.9. The van der Waals surface area contributed by atoms with Gasteiger partial charge in [0, 0.05) is 17.5 Å². The lowest BCUT2D eigenvalue weighted by Crippen LogP contribution is -2.33. The van der Waals surface area contributed by atoms with E-state index < -0.39 is 41.5 Å². The molecule has 1 rings (SSSR count). The van der Waals surface area contributed by atoms with E-state index in [0.717, 1.165) is 0 Å². The van der Waals surface area contributed by atoms with Gasteiger partial charge in [-0.1, -0.05) is 0 Å². The number of carboxylic acid groups (broad SMARTS) is 1. The minimum atomic E-state index is -1.44. The van der Waals surface area contributed by atoms with Gasteiger partial charge in [-0.25, -0.2) is 8.78 Å². The zero-order chi connectivity index (χ0) is 15.6. The predicted octanol–water partition coefficient (Wildman–Crippen LogP) is 0.335. The van der Waals surface area contributed by atoms with Gasteiger partial charge in [-0.2, -0.15) is 0 Å². The second-order valence-corrected chi connectivity index (χ2v) is 4.15. The molecular weight excluding hydrogens is 274 g/mol. The average Bonchev–Trinajstić information content (AvgIpc) is 2.35. The van der Waals surface area contributed by atoms with Crippen molar-refractivity contribution in [3.8, 4) is 5.75 Å². The fraction of sp³-hybridized carbons (Fsp3) is 0.333. The molecule has 1 amide bonds. The van der Waals surface area contributed by atoms with Crippen LogP contribution in [0.5, 0.6) is 5.75 Å². The first-order valence-corrected chi connectivity index (χ1v) is 5.54. The summed E-state index contributed by atoms with van der Waals surface area (Å²) in [5.74, 6) is -5.49. The summed E-state index contributed by atoms with van der Waals surface area (Å²) in [7, 11) is 1.18. The maximum atomic E-state index is 14.0. The molecule has 0 aliphatic rings. The Morgan fingerprint density at radius 1 is 1.35 bits per heavy atom. The molecule has 0 saturated carbocycles. The van der Waals surface area contributed by atoms with Crippen LogP contribution in [0.15, 0.2) is 0 Å². The molecule has 0 aromatic heterocycles. The van der Waals surface area contributed by atoms with Crippen LogP contribution in [0.25, 0.3) is 0 Å². The molecule has 0 aliphatic carbocycles. The van der Waals surface area contributed by atoms with Crippen molar-refractivity contribution in [3.05, 3.63) is 28.3 Å². The van der Waals surface area contributed by atoms with Crippen LogP contribution < -0.4 is 16.2 Å².